The zero-order valence-corrected chi connectivity index (χ0v) is 26.7. The number of unbranched alkanes of at least 4 members (excludes halogenated alkanes) is 1. The van der Waals surface area contributed by atoms with Crippen LogP contribution in [-0.4, -0.2) is 63.0 Å². The summed E-state index contributed by atoms with van der Waals surface area (Å²) in [4.78, 5) is 26.3. The number of rotatable bonds is 7. The molecule has 41 heavy (non-hydrogen) atoms. The van der Waals surface area contributed by atoms with Crippen molar-refractivity contribution in [3.63, 3.8) is 0 Å². The maximum Gasteiger partial charge on any atom is 0.410 e. The highest BCUT2D eigenvalue weighted by atomic mass is 32.1. The van der Waals surface area contributed by atoms with Crippen molar-refractivity contribution in [2.24, 2.45) is 5.92 Å². The molecule has 0 aliphatic carbocycles. The lowest BCUT2D eigenvalue weighted by Gasteiger charge is -2.33. The Balaban J connectivity index is 1.53. The molecule has 5 heterocycles. The monoisotopic (exact) mass is 581 g/mol. The molecule has 2 aliphatic heterocycles. The van der Waals surface area contributed by atoms with E-state index in [4.69, 9.17) is 19.4 Å². The zero-order chi connectivity index (χ0) is 29.4. The van der Waals surface area contributed by atoms with E-state index < -0.39 is 5.60 Å². The normalized spacial score (nSPS) is 17.3. The Hall–Kier alpha value is -2.65. The van der Waals surface area contributed by atoms with E-state index in [1.165, 1.54) is 20.7 Å². The number of carbonyl (C=O) groups excluding carboxylic acids is 1. The van der Waals surface area contributed by atoms with Gasteiger partial charge in [-0.05, 0) is 84.8 Å². The first kappa shape index (κ1) is 29.8. The van der Waals surface area contributed by atoms with Gasteiger partial charge in [-0.15, -0.1) is 11.3 Å². The lowest BCUT2D eigenvalue weighted by molar-refractivity contribution is 0.0178. The Labute approximate surface area is 248 Å². The fourth-order valence-corrected chi connectivity index (χ4v) is 6.88. The maximum atomic E-state index is 12.7. The van der Waals surface area contributed by atoms with E-state index in [0.29, 0.717) is 12.5 Å². The summed E-state index contributed by atoms with van der Waals surface area (Å²) in [6.07, 6.45) is 8.01. The number of aryl methyl sites for hydroxylation is 1. The van der Waals surface area contributed by atoms with Crippen LogP contribution in [0.1, 0.15) is 91.3 Å². The number of fused-ring (bicyclic) bond motifs is 3. The van der Waals surface area contributed by atoms with Gasteiger partial charge in [-0.3, -0.25) is 0 Å². The van der Waals surface area contributed by atoms with E-state index in [2.05, 4.69) is 49.7 Å². The van der Waals surface area contributed by atoms with Crippen LogP contribution in [0, 0.1) is 5.92 Å². The second kappa shape index (κ2) is 11.9. The van der Waals surface area contributed by atoms with Gasteiger partial charge in [-0.1, -0.05) is 19.4 Å². The van der Waals surface area contributed by atoms with Crippen LogP contribution in [0.25, 0.3) is 26.8 Å². The first-order chi connectivity index (χ1) is 19.4. The molecule has 224 valence electrons. The molecular formula is C32H47N5O3S. The molecule has 1 amide bonds. The van der Waals surface area contributed by atoms with Gasteiger partial charge in [0.1, 0.15) is 16.9 Å². The summed E-state index contributed by atoms with van der Waals surface area (Å²) < 4.78 is 14.9. The average molecular weight is 582 g/mol. The number of ether oxygens (including phenoxy) is 2. The molecule has 0 radical (unpaired) electrons. The molecular weight excluding hydrogens is 534 g/mol. The molecule has 0 aromatic carbocycles. The quantitative estimate of drug-likeness (QED) is 0.309. The van der Waals surface area contributed by atoms with E-state index in [-0.39, 0.29) is 11.6 Å². The highest BCUT2D eigenvalue weighted by Crippen LogP contribution is 2.40. The SMILES string of the molecule is CCCCc1nc2c(NC(C)(C)C)nc3cc(C4=CCOCC4)sc3c2n1CC1CCN(C(=O)OC(C)(C)C)CC1. The summed E-state index contributed by atoms with van der Waals surface area (Å²) in [5, 5.41) is 3.67. The number of aromatic nitrogens is 3. The fourth-order valence-electron chi connectivity index (χ4n) is 5.66. The molecule has 9 heteroatoms. The third kappa shape index (κ3) is 7.05. The number of hydrogen-bond acceptors (Lipinski definition) is 7. The van der Waals surface area contributed by atoms with Crippen LogP contribution in [0.15, 0.2) is 12.1 Å². The zero-order valence-electron chi connectivity index (χ0n) is 25.9. The van der Waals surface area contributed by atoms with E-state index in [9.17, 15) is 4.79 Å². The smallest absolute Gasteiger partial charge is 0.410 e. The van der Waals surface area contributed by atoms with Crippen LogP contribution < -0.4 is 5.32 Å². The van der Waals surface area contributed by atoms with Gasteiger partial charge in [0.2, 0.25) is 0 Å². The van der Waals surface area contributed by atoms with Gasteiger partial charge in [0, 0.05) is 36.5 Å². The number of hydrogen-bond donors (Lipinski definition) is 1. The standard InChI is InChI=1S/C32H47N5O3S/c1-8-9-10-25-34-26-27(37(25)20-21-11-15-36(16-12-21)30(38)40-32(5,6)7)28-23(33-29(26)35-31(2,3)4)19-24(41-28)22-13-17-39-18-14-22/h13,19,21H,8-12,14-18,20H2,1-7H3,(H,33,35). The Kier molecular flexibility index (Phi) is 8.67. The number of nitrogens with zero attached hydrogens (tertiary/aromatic N) is 4. The Morgan fingerprint density at radius 3 is 2.56 bits per heavy atom. The van der Waals surface area contributed by atoms with Crippen LogP contribution in [0.5, 0.6) is 0 Å². The maximum absolute atomic E-state index is 12.7. The molecule has 0 spiro atoms. The summed E-state index contributed by atoms with van der Waals surface area (Å²) >= 11 is 1.84. The number of nitrogens with one attached hydrogen (secondary N) is 1. The molecule has 2 aliphatic rings. The number of likely N-dealkylation sites (tertiary alicyclic amines) is 1. The predicted molar refractivity (Wildman–Crippen MR) is 169 cm³/mol. The van der Waals surface area contributed by atoms with Gasteiger partial charge in [-0.2, -0.15) is 0 Å². The predicted octanol–water partition coefficient (Wildman–Crippen LogP) is 7.65. The van der Waals surface area contributed by atoms with Crippen molar-refractivity contribution < 1.29 is 14.3 Å². The van der Waals surface area contributed by atoms with Crippen LogP contribution >= 0.6 is 11.3 Å². The molecule has 1 fully saturated rings. The van der Waals surface area contributed by atoms with Crippen molar-refractivity contribution in [1.82, 2.24) is 19.4 Å². The lowest BCUT2D eigenvalue weighted by Crippen LogP contribution is -2.42. The Bertz CT molecular complexity index is 1420. The third-order valence-electron chi connectivity index (χ3n) is 7.66. The van der Waals surface area contributed by atoms with Gasteiger partial charge in [-0.25, -0.2) is 14.8 Å². The van der Waals surface area contributed by atoms with Crippen molar-refractivity contribution in [3.05, 3.63) is 22.8 Å². The van der Waals surface area contributed by atoms with Crippen LogP contribution in [0.2, 0.25) is 0 Å². The molecule has 3 aromatic heterocycles. The molecule has 0 bridgehead atoms. The number of anilines is 1. The van der Waals surface area contributed by atoms with E-state index in [0.717, 1.165) is 87.4 Å². The van der Waals surface area contributed by atoms with Crippen molar-refractivity contribution in [3.8, 4) is 0 Å². The van der Waals surface area contributed by atoms with E-state index in [1.807, 2.05) is 37.0 Å². The summed E-state index contributed by atoms with van der Waals surface area (Å²) in [6.45, 7) is 18.3. The van der Waals surface area contributed by atoms with E-state index >= 15 is 0 Å². The fraction of sp³-hybridized carbons (Fsp3) is 0.656. The highest BCUT2D eigenvalue weighted by Gasteiger charge is 2.29. The average Bonchev–Trinajstić information content (AvgIpc) is 3.48. The second-order valence-corrected chi connectivity index (χ2v) is 14.6. The van der Waals surface area contributed by atoms with Crippen molar-refractivity contribution in [2.45, 2.75) is 105 Å². The van der Waals surface area contributed by atoms with Crippen LogP contribution in [-0.2, 0) is 22.4 Å². The molecule has 8 nitrogen and oxygen atoms in total. The first-order valence-corrected chi connectivity index (χ1v) is 16.1. The molecule has 0 atom stereocenters. The number of pyridine rings is 1. The minimum atomic E-state index is -0.476. The third-order valence-corrected chi connectivity index (χ3v) is 8.87. The largest absolute Gasteiger partial charge is 0.444 e. The van der Waals surface area contributed by atoms with Gasteiger partial charge in [0.15, 0.2) is 5.82 Å². The van der Waals surface area contributed by atoms with E-state index in [1.54, 1.807) is 0 Å². The highest BCUT2D eigenvalue weighted by molar-refractivity contribution is 7.21. The van der Waals surface area contributed by atoms with Crippen LogP contribution in [0.4, 0.5) is 10.6 Å². The van der Waals surface area contributed by atoms with Gasteiger partial charge < -0.3 is 24.3 Å². The molecule has 0 unspecified atom stereocenters. The van der Waals surface area contributed by atoms with Crippen molar-refractivity contribution in [2.75, 3.05) is 31.6 Å². The summed E-state index contributed by atoms with van der Waals surface area (Å²) in [5.74, 6) is 2.47. The molecule has 5 rings (SSSR count). The number of piperidine rings is 1. The van der Waals surface area contributed by atoms with Crippen LogP contribution in [0.3, 0.4) is 0 Å². The Morgan fingerprint density at radius 2 is 1.93 bits per heavy atom. The topological polar surface area (TPSA) is 81.5 Å². The number of imidazole rings is 1. The Morgan fingerprint density at radius 1 is 1.17 bits per heavy atom. The van der Waals surface area contributed by atoms with Gasteiger partial charge in [0.25, 0.3) is 0 Å². The first-order valence-electron chi connectivity index (χ1n) is 15.3. The lowest BCUT2D eigenvalue weighted by atomic mass is 9.96. The molecule has 1 N–H and O–H groups in total. The minimum Gasteiger partial charge on any atom is -0.444 e. The van der Waals surface area contributed by atoms with Crippen molar-refractivity contribution in [1.29, 1.82) is 0 Å². The van der Waals surface area contributed by atoms with Crippen molar-refractivity contribution >= 4 is 50.1 Å². The number of carbonyl (C=O) groups is 1. The van der Waals surface area contributed by atoms with Gasteiger partial charge >= 0.3 is 6.09 Å². The molecule has 0 saturated carbocycles. The minimum absolute atomic E-state index is 0.141. The summed E-state index contributed by atoms with van der Waals surface area (Å²) in [5.41, 5.74) is 3.93. The number of amides is 1. The number of thiophene rings is 1. The summed E-state index contributed by atoms with van der Waals surface area (Å²) in [7, 11) is 0. The second-order valence-electron chi connectivity index (χ2n) is 13.6. The molecule has 1 saturated heterocycles. The summed E-state index contributed by atoms with van der Waals surface area (Å²) in [6, 6.07) is 2.26. The molecule has 3 aromatic rings. The van der Waals surface area contributed by atoms with Gasteiger partial charge in [0.05, 0.1) is 28.9 Å².